The minimum absolute atomic E-state index is 0.162. The van der Waals surface area contributed by atoms with Gasteiger partial charge in [0.05, 0.1) is 0 Å². The minimum Gasteiger partial charge on any atom is -0.594 e. The average molecular weight is 193 g/mol. The second kappa shape index (κ2) is 5.17. The Morgan fingerprint density at radius 3 is 2.77 bits per heavy atom. The van der Waals surface area contributed by atoms with Crippen molar-refractivity contribution in [2.24, 2.45) is 5.11 Å². The van der Waals surface area contributed by atoms with Crippen LogP contribution < -0.4 is 0 Å². The number of nitriles is 1. The van der Waals surface area contributed by atoms with E-state index in [9.17, 15) is 5.21 Å². The molecule has 4 nitrogen and oxygen atoms in total. The summed E-state index contributed by atoms with van der Waals surface area (Å²) in [6.45, 7) is 0. The predicted molar refractivity (Wildman–Crippen MR) is 50.2 cm³/mol. The SMILES string of the molecule is N#CSC/N=[N+](\[O-])c1ccccc1. The van der Waals surface area contributed by atoms with E-state index in [0.717, 1.165) is 11.8 Å². The molecule has 0 bridgehead atoms. The highest BCUT2D eigenvalue weighted by molar-refractivity contribution is 8.03. The first-order valence-corrected chi connectivity index (χ1v) is 4.54. The van der Waals surface area contributed by atoms with Crippen LogP contribution in [0.15, 0.2) is 35.4 Å². The zero-order chi connectivity index (χ0) is 9.52. The van der Waals surface area contributed by atoms with Gasteiger partial charge in [0.25, 0.3) is 0 Å². The van der Waals surface area contributed by atoms with Gasteiger partial charge in [-0.1, -0.05) is 23.1 Å². The highest BCUT2D eigenvalue weighted by Crippen LogP contribution is 2.10. The molecule has 66 valence electrons. The van der Waals surface area contributed by atoms with Crippen LogP contribution >= 0.6 is 11.8 Å². The summed E-state index contributed by atoms with van der Waals surface area (Å²) in [7, 11) is 0. The molecule has 1 aromatic rings. The molecule has 0 fully saturated rings. The molecule has 0 heterocycles. The lowest BCUT2D eigenvalue weighted by Gasteiger charge is -1.96. The van der Waals surface area contributed by atoms with Crippen LogP contribution in [0.4, 0.5) is 5.69 Å². The van der Waals surface area contributed by atoms with Crippen LogP contribution in [0.1, 0.15) is 0 Å². The lowest BCUT2D eigenvalue weighted by molar-refractivity contribution is -0.440. The quantitative estimate of drug-likeness (QED) is 0.243. The number of hydrogen-bond acceptors (Lipinski definition) is 4. The fraction of sp³-hybridized carbons (Fsp3) is 0.125. The summed E-state index contributed by atoms with van der Waals surface area (Å²) in [6.07, 6.45) is 0. The number of thioether (sulfide) groups is 1. The number of nitrogens with zero attached hydrogens (tertiary/aromatic N) is 3. The molecule has 1 rings (SSSR count). The number of azo groups is 1. The molecule has 0 saturated heterocycles. The Morgan fingerprint density at radius 1 is 1.46 bits per heavy atom. The summed E-state index contributed by atoms with van der Waals surface area (Å²) in [4.78, 5) is 0.518. The van der Waals surface area contributed by atoms with Crippen molar-refractivity contribution in [1.29, 1.82) is 5.26 Å². The van der Waals surface area contributed by atoms with E-state index in [1.807, 2.05) is 11.5 Å². The molecule has 0 aromatic heterocycles. The van der Waals surface area contributed by atoms with Gasteiger partial charge in [0.15, 0.2) is 5.88 Å². The van der Waals surface area contributed by atoms with Gasteiger partial charge in [0, 0.05) is 12.1 Å². The van der Waals surface area contributed by atoms with Gasteiger partial charge in [-0.05, 0) is 16.9 Å². The number of rotatable bonds is 3. The van der Waals surface area contributed by atoms with Crippen LogP contribution in [0.3, 0.4) is 0 Å². The van der Waals surface area contributed by atoms with Gasteiger partial charge in [0.2, 0.25) is 5.69 Å². The summed E-state index contributed by atoms with van der Waals surface area (Å²) in [5.74, 6) is 0.162. The van der Waals surface area contributed by atoms with Crippen molar-refractivity contribution in [3.05, 3.63) is 35.5 Å². The van der Waals surface area contributed by atoms with Crippen LogP contribution in [0.5, 0.6) is 0 Å². The molecule has 0 spiro atoms. The van der Waals surface area contributed by atoms with E-state index < -0.39 is 0 Å². The van der Waals surface area contributed by atoms with Crippen molar-refractivity contribution in [3.8, 4) is 5.40 Å². The molecule has 0 unspecified atom stereocenters. The fourth-order valence-corrected chi connectivity index (χ4v) is 0.968. The van der Waals surface area contributed by atoms with Crippen molar-refractivity contribution in [3.63, 3.8) is 0 Å². The van der Waals surface area contributed by atoms with Gasteiger partial charge in [0.1, 0.15) is 5.40 Å². The van der Waals surface area contributed by atoms with E-state index in [4.69, 9.17) is 5.26 Å². The summed E-state index contributed by atoms with van der Waals surface area (Å²) >= 11 is 0.928. The molecule has 0 aliphatic rings. The first-order valence-electron chi connectivity index (χ1n) is 3.55. The maximum absolute atomic E-state index is 11.1. The third-order valence-electron chi connectivity index (χ3n) is 1.29. The van der Waals surface area contributed by atoms with Crippen molar-refractivity contribution in [2.75, 3.05) is 5.88 Å². The van der Waals surface area contributed by atoms with Gasteiger partial charge in [-0.15, -0.1) is 0 Å². The predicted octanol–water partition coefficient (Wildman–Crippen LogP) is 2.45. The smallest absolute Gasteiger partial charge is 0.244 e. The Morgan fingerprint density at radius 2 is 2.15 bits per heavy atom. The number of hydrogen-bond donors (Lipinski definition) is 0. The third-order valence-corrected chi connectivity index (χ3v) is 1.67. The Hall–Kier alpha value is -1.54. The standard InChI is InChI=1S/C8H7N3OS/c9-6-13-7-10-11(12)8-4-2-1-3-5-8/h1-5H,7H2/b11-10-. The first kappa shape index (κ1) is 9.55. The summed E-state index contributed by atoms with van der Waals surface area (Å²) in [5.41, 5.74) is 0.473. The van der Waals surface area contributed by atoms with E-state index in [-0.39, 0.29) is 5.88 Å². The first-order chi connectivity index (χ1) is 6.34. The van der Waals surface area contributed by atoms with E-state index in [1.54, 1.807) is 24.3 Å². The highest BCUT2D eigenvalue weighted by Gasteiger charge is 1.99. The molecule has 0 aliphatic carbocycles. The van der Waals surface area contributed by atoms with Crippen LogP contribution in [0.2, 0.25) is 0 Å². The molecule has 0 radical (unpaired) electrons. The van der Waals surface area contributed by atoms with Gasteiger partial charge in [-0.2, -0.15) is 5.26 Å². The molecule has 0 amide bonds. The average Bonchev–Trinajstić information content (AvgIpc) is 2.19. The second-order valence-corrected chi connectivity index (χ2v) is 2.84. The molecular formula is C8H7N3OS. The van der Waals surface area contributed by atoms with E-state index in [1.165, 1.54) is 0 Å². The van der Waals surface area contributed by atoms with Crippen molar-refractivity contribution >= 4 is 17.4 Å². The molecule has 0 aliphatic heterocycles. The van der Waals surface area contributed by atoms with E-state index in [0.29, 0.717) is 10.5 Å². The van der Waals surface area contributed by atoms with Crippen LogP contribution in [0.25, 0.3) is 0 Å². The largest absolute Gasteiger partial charge is 0.594 e. The Bertz CT molecular complexity index is 331. The summed E-state index contributed by atoms with van der Waals surface area (Å²) in [6, 6.07) is 8.66. The zero-order valence-electron chi connectivity index (χ0n) is 6.75. The lowest BCUT2D eigenvalue weighted by Crippen LogP contribution is -1.91. The van der Waals surface area contributed by atoms with Crippen LogP contribution in [-0.4, -0.2) is 10.7 Å². The van der Waals surface area contributed by atoms with Crippen molar-refractivity contribution in [1.82, 2.24) is 0 Å². The minimum atomic E-state index is 0.162. The fourth-order valence-electron chi connectivity index (χ4n) is 0.747. The van der Waals surface area contributed by atoms with Crippen molar-refractivity contribution in [2.45, 2.75) is 0 Å². The maximum atomic E-state index is 11.1. The Kier molecular flexibility index (Phi) is 3.79. The topological polar surface area (TPSA) is 62.2 Å². The molecule has 0 atom stereocenters. The highest BCUT2D eigenvalue weighted by atomic mass is 32.2. The summed E-state index contributed by atoms with van der Waals surface area (Å²) < 4.78 is 0. The van der Waals surface area contributed by atoms with E-state index >= 15 is 0 Å². The van der Waals surface area contributed by atoms with Gasteiger partial charge in [-0.3, -0.25) is 0 Å². The van der Waals surface area contributed by atoms with Crippen LogP contribution in [0, 0.1) is 15.9 Å². The molecule has 5 heteroatoms. The number of thiocyanates is 1. The molecule has 13 heavy (non-hydrogen) atoms. The molecule has 0 saturated carbocycles. The third kappa shape index (κ3) is 3.13. The maximum Gasteiger partial charge on any atom is 0.244 e. The summed E-state index contributed by atoms with van der Waals surface area (Å²) in [5, 5.41) is 24.8. The molecule has 1 aromatic carbocycles. The second-order valence-electron chi connectivity index (χ2n) is 2.11. The van der Waals surface area contributed by atoms with Gasteiger partial charge in [-0.25, -0.2) is 0 Å². The Labute approximate surface area is 80.1 Å². The normalized spacial score (nSPS) is 10.8. The van der Waals surface area contributed by atoms with Crippen LogP contribution in [-0.2, 0) is 0 Å². The zero-order valence-corrected chi connectivity index (χ0v) is 7.57. The number of para-hydroxylation sites is 1. The van der Waals surface area contributed by atoms with E-state index in [2.05, 4.69) is 5.11 Å². The monoisotopic (exact) mass is 193 g/mol. The molecular weight excluding hydrogens is 186 g/mol. The van der Waals surface area contributed by atoms with Gasteiger partial charge < -0.3 is 5.21 Å². The number of benzene rings is 1. The molecule has 0 N–H and O–H groups in total. The van der Waals surface area contributed by atoms with Gasteiger partial charge >= 0.3 is 0 Å². The Balaban J connectivity index is 2.63. The van der Waals surface area contributed by atoms with Crippen molar-refractivity contribution < 1.29 is 4.86 Å². The lowest BCUT2D eigenvalue weighted by atomic mass is 10.3.